The molecule has 0 bridgehead atoms. The number of halogens is 4. The third kappa shape index (κ3) is 5.01. The molecule has 198 valence electrons. The van der Waals surface area contributed by atoms with Crippen molar-refractivity contribution >= 4 is 51.4 Å². The van der Waals surface area contributed by atoms with Crippen LogP contribution in [0.25, 0.3) is 27.7 Å². The van der Waals surface area contributed by atoms with Gasteiger partial charge in [0.2, 0.25) is 0 Å². The molecule has 6 rings (SSSR count). The van der Waals surface area contributed by atoms with E-state index in [1.54, 1.807) is 36.4 Å². The summed E-state index contributed by atoms with van der Waals surface area (Å²) in [5.41, 5.74) is -0.212. The average molecular weight is 575 g/mol. The molecule has 0 aliphatic heterocycles. The van der Waals surface area contributed by atoms with Crippen molar-refractivity contribution < 1.29 is 18.0 Å². The SMILES string of the molecule is O=C(Nc1ccccc1Sc1ccc(Cl)cc1)c1cnn2c(C(F)(F)F)cc(-c3cccc4ccccc34)nc12. The van der Waals surface area contributed by atoms with Crippen molar-refractivity contribution in [1.82, 2.24) is 14.6 Å². The molecule has 6 aromatic rings. The highest BCUT2D eigenvalue weighted by Crippen LogP contribution is 2.36. The predicted octanol–water partition coefficient (Wildman–Crippen LogP) is 8.63. The molecule has 1 N–H and O–H groups in total. The second-order valence-corrected chi connectivity index (χ2v) is 10.4. The van der Waals surface area contributed by atoms with Gasteiger partial charge in [0, 0.05) is 20.4 Å². The number of aromatic nitrogens is 3. The van der Waals surface area contributed by atoms with Gasteiger partial charge in [0.25, 0.3) is 5.91 Å². The zero-order valence-electron chi connectivity index (χ0n) is 20.5. The lowest BCUT2D eigenvalue weighted by Crippen LogP contribution is -2.16. The summed E-state index contributed by atoms with van der Waals surface area (Å²) in [6.07, 6.45) is -3.63. The second-order valence-electron chi connectivity index (χ2n) is 8.85. The summed E-state index contributed by atoms with van der Waals surface area (Å²) in [7, 11) is 0. The largest absolute Gasteiger partial charge is 0.433 e. The number of nitrogens with one attached hydrogen (secondary N) is 1. The highest BCUT2D eigenvalue weighted by molar-refractivity contribution is 7.99. The zero-order chi connectivity index (χ0) is 27.9. The number of fused-ring (bicyclic) bond motifs is 2. The highest BCUT2D eigenvalue weighted by Gasteiger charge is 2.36. The van der Waals surface area contributed by atoms with Gasteiger partial charge in [0.1, 0.15) is 5.56 Å². The molecule has 0 radical (unpaired) electrons. The van der Waals surface area contributed by atoms with Gasteiger partial charge in [-0.25, -0.2) is 9.50 Å². The number of rotatable bonds is 5. The second kappa shape index (κ2) is 10.3. The third-order valence-corrected chi connectivity index (χ3v) is 7.58. The number of hydrogen-bond donors (Lipinski definition) is 1. The Kier molecular flexibility index (Phi) is 6.69. The van der Waals surface area contributed by atoms with E-state index in [0.29, 0.717) is 20.8 Å². The van der Waals surface area contributed by atoms with Gasteiger partial charge in [-0.05, 0) is 53.2 Å². The molecule has 0 unspecified atom stereocenters. The van der Waals surface area contributed by atoms with Crippen molar-refractivity contribution in [2.24, 2.45) is 0 Å². The number of para-hydroxylation sites is 1. The van der Waals surface area contributed by atoms with E-state index >= 15 is 0 Å². The first kappa shape index (κ1) is 25.9. The lowest BCUT2D eigenvalue weighted by atomic mass is 10.0. The average Bonchev–Trinajstić information content (AvgIpc) is 3.38. The fourth-order valence-electron chi connectivity index (χ4n) is 4.39. The summed E-state index contributed by atoms with van der Waals surface area (Å²) in [5, 5.41) is 8.93. The molecule has 0 atom stereocenters. The van der Waals surface area contributed by atoms with Crippen molar-refractivity contribution in [2.75, 3.05) is 5.32 Å². The van der Waals surface area contributed by atoms with E-state index in [9.17, 15) is 18.0 Å². The molecule has 2 aromatic heterocycles. The molecule has 0 aliphatic rings. The number of carbonyl (C=O) groups excluding carboxylic acids is 1. The van der Waals surface area contributed by atoms with Crippen LogP contribution in [0.1, 0.15) is 16.1 Å². The maximum absolute atomic E-state index is 14.2. The molecule has 0 aliphatic carbocycles. The minimum atomic E-state index is -4.73. The molecule has 0 saturated carbocycles. The first-order valence-corrected chi connectivity index (χ1v) is 13.3. The van der Waals surface area contributed by atoms with Gasteiger partial charge in [-0.2, -0.15) is 18.3 Å². The fraction of sp³-hybridized carbons (Fsp3) is 0.0333. The Morgan fingerprint density at radius 3 is 2.42 bits per heavy atom. The lowest BCUT2D eigenvalue weighted by Gasteiger charge is -2.13. The molecule has 5 nitrogen and oxygen atoms in total. The maximum atomic E-state index is 14.2. The van der Waals surface area contributed by atoms with Crippen LogP contribution in [-0.4, -0.2) is 20.5 Å². The Bertz CT molecular complexity index is 1880. The Morgan fingerprint density at radius 2 is 1.62 bits per heavy atom. The summed E-state index contributed by atoms with van der Waals surface area (Å²) in [5.74, 6) is -0.630. The van der Waals surface area contributed by atoms with Crippen LogP contribution in [0, 0.1) is 0 Å². The van der Waals surface area contributed by atoms with Crippen LogP contribution in [-0.2, 0) is 6.18 Å². The molecule has 4 aromatic carbocycles. The van der Waals surface area contributed by atoms with Gasteiger partial charge in [-0.3, -0.25) is 4.79 Å². The molecule has 0 fully saturated rings. The first-order valence-electron chi connectivity index (χ1n) is 12.1. The highest BCUT2D eigenvalue weighted by atomic mass is 35.5. The quantitative estimate of drug-likeness (QED) is 0.224. The number of nitrogens with zero attached hydrogens (tertiary/aromatic N) is 3. The van der Waals surface area contributed by atoms with E-state index in [0.717, 1.165) is 32.8 Å². The van der Waals surface area contributed by atoms with E-state index in [1.165, 1.54) is 11.8 Å². The zero-order valence-corrected chi connectivity index (χ0v) is 22.1. The molecule has 40 heavy (non-hydrogen) atoms. The summed E-state index contributed by atoms with van der Waals surface area (Å²) < 4.78 is 43.2. The van der Waals surface area contributed by atoms with E-state index in [-0.39, 0.29) is 16.9 Å². The molecule has 0 spiro atoms. The predicted molar refractivity (Wildman–Crippen MR) is 151 cm³/mol. The van der Waals surface area contributed by atoms with Crippen LogP contribution in [0.5, 0.6) is 0 Å². The summed E-state index contributed by atoms with van der Waals surface area (Å²) in [6.45, 7) is 0. The van der Waals surface area contributed by atoms with E-state index < -0.39 is 17.8 Å². The van der Waals surface area contributed by atoms with Crippen molar-refractivity contribution in [3.63, 3.8) is 0 Å². The van der Waals surface area contributed by atoms with Gasteiger partial charge in [0.05, 0.1) is 17.6 Å². The molecule has 2 heterocycles. The Morgan fingerprint density at radius 1 is 0.900 bits per heavy atom. The number of alkyl halides is 3. The smallest absolute Gasteiger partial charge is 0.321 e. The topological polar surface area (TPSA) is 59.3 Å². The molecule has 0 saturated heterocycles. The number of benzene rings is 4. The van der Waals surface area contributed by atoms with Gasteiger partial charge < -0.3 is 5.32 Å². The monoisotopic (exact) mass is 574 g/mol. The third-order valence-electron chi connectivity index (χ3n) is 6.25. The fourth-order valence-corrected chi connectivity index (χ4v) is 5.42. The minimum absolute atomic E-state index is 0.0844. The summed E-state index contributed by atoms with van der Waals surface area (Å²) in [6, 6.07) is 28.1. The Balaban J connectivity index is 1.42. The summed E-state index contributed by atoms with van der Waals surface area (Å²) in [4.78, 5) is 19.6. The molecule has 10 heteroatoms. The van der Waals surface area contributed by atoms with Crippen LogP contribution >= 0.6 is 23.4 Å². The molecule has 1 amide bonds. The van der Waals surface area contributed by atoms with Crippen molar-refractivity contribution in [1.29, 1.82) is 0 Å². The van der Waals surface area contributed by atoms with Gasteiger partial charge in [-0.15, -0.1) is 0 Å². The van der Waals surface area contributed by atoms with Crippen LogP contribution in [0.2, 0.25) is 5.02 Å². The standard InChI is InChI=1S/C30H18ClF3N4OS/c31-19-12-14-20(15-13-19)40-26-11-4-3-10-24(26)37-29(39)23-17-35-38-27(30(32,33)34)16-25(36-28(23)38)22-9-5-7-18-6-1-2-8-21(18)22/h1-17H,(H,37,39). The van der Waals surface area contributed by atoms with Crippen molar-refractivity contribution in [3.05, 3.63) is 120 Å². The van der Waals surface area contributed by atoms with Gasteiger partial charge in [0.15, 0.2) is 11.3 Å². The van der Waals surface area contributed by atoms with E-state index in [2.05, 4.69) is 15.4 Å². The molecular weight excluding hydrogens is 557 g/mol. The number of amides is 1. The van der Waals surface area contributed by atoms with Gasteiger partial charge >= 0.3 is 6.18 Å². The normalized spacial score (nSPS) is 11.7. The molecular formula is C30H18ClF3N4OS. The van der Waals surface area contributed by atoms with Crippen LogP contribution in [0.4, 0.5) is 18.9 Å². The lowest BCUT2D eigenvalue weighted by molar-refractivity contribution is -0.142. The van der Waals surface area contributed by atoms with Crippen molar-refractivity contribution in [3.8, 4) is 11.3 Å². The van der Waals surface area contributed by atoms with E-state index in [4.69, 9.17) is 11.6 Å². The summed E-state index contributed by atoms with van der Waals surface area (Å²) >= 11 is 7.40. The first-order chi connectivity index (χ1) is 19.3. The maximum Gasteiger partial charge on any atom is 0.433 e. The Labute approximate surface area is 235 Å². The van der Waals surface area contributed by atoms with Crippen molar-refractivity contribution in [2.45, 2.75) is 16.0 Å². The van der Waals surface area contributed by atoms with E-state index in [1.807, 2.05) is 54.6 Å². The van der Waals surface area contributed by atoms with Crippen LogP contribution in [0.15, 0.2) is 113 Å². The van der Waals surface area contributed by atoms with Crippen LogP contribution in [0.3, 0.4) is 0 Å². The number of hydrogen-bond acceptors (Lipinski definition) is 4. The van der Waals surface area contributed by atoms with Crippen LogP contribution < -0.4 is 5.32 Å². The Hall–Kier alpha value is -4.34. The number of carbonyl (C=O) groups is 1. The minimum Gasteiger partial charge on any atom is -0.321 e. The number of anilines is 1. The van der Waals surface area contributed by atoms with Gasteiger partial charge in [-0.1, -0.05) is 78.0 Å².